The lowest BCUT2D eigenvalue weighted by Gasteiger charge is -2.25. The second kappa shape index (κ2) is 6.75. The minimum atomic E-state index is -1.13. The highest BCUT2D eigenvalue weighted by Gasteiger charge is 2.21. The van der Waals surface area contributed by atoms with Crippen molar-refractivity contribution in [3.8, 4) is 11.5 Å². The van der Waals surface area contributed by atoms with Crippen molar-refractivity contribution in [2.24, 2.45) is 0 Å². The van der Waals surface area contributed by atoms with E-state index >= 15 is 0 Å². The Labute approximate surface area is 114 Å². The molecule has 0 spiro atoms. The van der Waals surface area contributed by atoms with Crippen LogP contribution in [0.4, 0.5) is 0 Å². The largest absolute Gasteiger partial charge is 0.497 e. The molecule has 19 heavy (non-hydrogen) atoms. The number of hydrogen-bond acceptors (Lipinski definition) is 5. The summed E-state index contributed by atoms with van der Waals surface area (Å²) in [6.07, 6.45) is 0. The summed E-state index contributed by atoms with van der Waals surface area (Å²) in [5.41, 5.74) is -0.162. The third kappa shape index (κ3) is 4.38. The smallest absolute Gasteiger partial charge is 0.127 e. The molecule has 1 aromatic carbocycles. The minimum absolute atomic E-state index is 0.0149. The van der Waals surface area contributed by atoms with E-state index in [1.165, 1.54) is 0 Å². The lowest BCUT2D eigenvalue weighted by atomic mass is 10.0. The van der Waals surface area contributed by atoms with Crippen LogP contribution in [0.25, 0.3) is 0 Å². The van der Waals surface area contributed by atoms with Crippen molar-refractivity contribution in [2.75, 3.05) is 27.4 Å². The second-order valence-corrected chi connectivity index (χ2v) is 4.87. The number of aliphatic hydroxyl groups is 2. The van der Waals surface area contributed by atoms with Crippen LogP contribution in [0.2, 0.25) is 0 Å². The molecule has 1 rings (SSSR count). The molecule has 3 N–H and O–H groups in total. The Morgan fingerprint density at radius 2 is 2.00 bits per heavy atom. The summed E-state index contributed by atoms with van der Waals surface area (Å²) < 4.78 is 10.5. The topological polar surface area (TPSA) is 71.0 Å². The van der Waals surface area contributed by atoms with E-state index in [9.17, 15) is 5.11 Å². The number of methoxy groups -OCH3 is 2. The number of hydrogen-bond donors (Lipinski definition) is 3. The van der Waals surface area contributed by atoms with E-state index in [1.54, 1.807) is 21.1 Å². The Hall–Kier alpha value is -1.30. The van der Waals surface area contributed by atoms with Crippen LogP contribution in [-0.4, -0.2) is 43.2 Å². The third-order valence-corrected chi connectivity index (χ3v) is 3.04. The molecule has 0 aliphatic carbocycles. The monoisotopic (exact) mass is 269 g/mol. The van der Waals surface area contributed by atoms with E-state index < -0.39 is 5.60 Å². The van der Waals surface area contributed by atoms with Crippen molar-refractivity contribution in [3.05, 3.63) is 23.8 Å². The first-order valence-electron chi connectivity index (χ1n) is 6.22. The van der Waals surface area contributed by atoms with Gasteiger partial charge in [-0.05, 0) is 19.9 Å². The molecular formula is C14H23NO4. The second-order valence-electron chi connectivity index (χ2n) is 4.87. The maximum Gasteiger partial charge on any atom is 0.127 e. The molecule has 0 heterocycles. The van der Waals surface area contributed by atoms with E-state index in [1.807, 2.05) is 25.1 Å². The zero-order chi connectivity index (χ0) is 14.5. The highest BCUT2D eigenvalue weighted by molar-refractivity contribution is 5.42. The molecule has 0 bridgehead atoms. The Morgan fingerprint density at radius 3 is 2.53 bits per heavy atom. The predicted molar refractivity (Wildman–Crippen MR) is 73.7 cm³/mol. The number of rotatable bonds is 7. The first-order chi connectivity index (χ1) is 8.93. The van der Waals surface area contributed by atoms with Gasteiger partial charge in [0.15, 0.2) is 0 Å². The molecule has 0 amide bonds. The molecule has 0 saturated carbocycles. The molecule has 2 atom stereocenters. The van der Waals surface area contributed by atoms with Gasteiger partial charge in [0.2, 0.25) is 0 Å². The van der Waals surface area contributed by atoms with Gasteiger partial charge in [0.05, 0.1) is 26.4 Å². The number of benzene rings is 1. The number of ether oxygens (including phenoxy) is 2. The fraction of sp³-hybridized carbons (Fsp3) is 0.571. The van der Waals surface area contributed by atoms with Crippen LogP contribution in [0.5, 0.6) is 11.5 Å². The molecule has 0 aromatic heterocycles. The number of nitrogens with one attached hydrogen (secondary N) is 1. The fourth-order valence-electron chi connectivity index (χ4n) is 1.71. The molecule has 1 aromatic rings. The molecule has 108 valence electrons. The van der Waals surface area contributed by atoms with E-state index in [2.05, 4.69) is 5.32 Å². The van der Waals surface area contributed by atoms with Crippen LogP contribution in [0.3, 0.4) is 0 Å². The average molecular weight is 269 g/mol. The summed E-state index contributed by atoms with van der Waals surface area (Å²) in [7, 11) is 3.21. The van der Waals surface area contributed by atoms with Gasteiger partial charge >= 0.3 is 0 Å². The SMILES string of the molecule is COc1ccc(C(C)NCC(C)(O)CO)c(OC)c1. The van der Waals surface area contributed by atoms with Gasteiger partial charge in [-0.25, -0.2) is 0 Å². The molecule has 5 heteroatoms. The van der Waals surface area contributed by atoms with Gasteiger partial charge in [-0.15, -0.1) is 0 Å². The molecule has 5 nitrogen and oxygen atoms in total. The summed E-state index contributed by atoms with van der Waals surface area (Å²) in [5, 5.41) is 22.0. The van der Waals surface area contributed by atoms with Crippen molar-refractivity contribution >= 4 is 0 Å². The average Bonchev–Trinajstić information content (AvgIpc) is 2.44. The van der Waals surface area contributed by atoms with Gasteiger partial charge in [-0.1, -0.05) is 6.07 Å². The fourth-order valence-corrected chi connectivity index (χ4v) is 1.71. The van der Waals surface area contributed by atoms with Gasteiger partial charge in [0.25, 0.3) is 0 Å². The molecule has 2 unspecified atom stereocenters. The van der Waals surface area contributed by atoms with E-state index in [0.29, 0.717) is 6.54 Å². The van der Waals surface area contributed by atoms with Crippen molar-refractivity contribution in [3.63, 3.8) is 0 Å². The zero-order valence-corrected chi connectivity index (χ0v) is 11.9. The van der Waals surface area contributed by atoms with Gasteiger partial charge < -0.3 is 25.0 Å². The normalized spacial score (nSPS) is 15.7. The van der Waals surface area contributed by atoms with Crippen LogP contribution in [0, 0.1) is 0 Å². The molecule has 0 aliphatic heterocycles. The van der Waals surface area contributed by atoms with Crippen molar-refractivity contribution < 1.29 is 19.7 Å². The van der Waals surface area contributed by atoms with Crippen LogP contribution in [0.15, 0.2) is 18.2 Å². The zero-order valence-electron chi connectivity index (χ0n) is 11.9. The standard InChI is InChI=1S/C14H23NO4/c1-10(15-8-14(2,17)9-16)12-6-5-11(18-3)7-13(12)19-4/h5-7,10,15-17H,8-9H2,1-4H3. The van der Waals surface area contributed by atoms with Crippen molar-refractivity contribution in [1.82, 2.24) is 5.32 Å². The molecule has 0 radical (unpaired) electrons. The summed E-state index contributed by atoms with van der Waals surface area (Å²) in [6, 6.07) is 5.58. The van der Waals surface area contributed by atoms with E-state index in [-0.39, 0.29) is 12.6 Å². The molecule has 0 fully saturated rings. The van der Waals surface area contributed by atoms with E-state index in [4.69, 9.17) is 14.6 Å². The highest BCUT2D eigenvalue weighted by Crippen LogP contribution is 2.29. The van der Waals surface area contributed by atoms with Crippen LogP contribution < -0.4 is 14.8 Å². The van der Waals surface area contributed by atoms with Crippen LogP contribution >= 0.6 is 0 Å². The Balaban J connectivity index is 2.79. The van der Waals surface area contributed by atoms with Gasteiger partial charge in [-0.3, -0.25) is 0 Å². The van der Waals surface area contributed by atoms with Gasteiger partial charge in [-0.2, -0.15) is 0 Å². The lowest BCUT2D eigenvalue weighted by Crippen LogP contribution is -2.41. The van der Waals surface area contributed by atoms with E-state index in [0.717, 1.165) is 17.1 Å². The number of aliphatic hydroxyl groups excluding tert-OH is 1. The maximum atomic E-state index is 9.76. The first kappa shape index (κ1) is 15.8. The Kier molecular flexibility index (Phi) is 5.60. The van der Waals surface area contributed by atoms with Gasteiger partial charge in [0.1, 0.15) is 11.5 Å². The summed E-state index contributed by atoms with van der Waals surface area (Å²) in [5.74, 6) is 1.46. The maximum absolute atomic E-state index is 9.76. The van der Waals surface area contributed by atoms with Crippen LogP contribution in [-0.2, 0) is 0 Å². The molecule has 0 saturated heterocycles. The third-order valence-electron chi connectivity index (χ3n) is 3.04. The summed E-state index contributed by atoms with van der Waals surface area (Å²) in [6.45, 7) is 3.56. The van der Waals surface area contributed by atoms with Crippen molar-refractivity contribution in [2.45, 2.75) is 25.5 Å². The summed E-state index contributed by atoms with van der Waals surface area (Å²) in [4.78, 5) is 0. The van der Waals surface area contributed by atoms with Crippen molar-refractivity contribution in [1.29, 1.82) is 0 Å². The summed E-state index contributed by atoms with van der Waals surface area (Å²) >= 11 is 0. The Bertz CT molecular complexity index is 406. The van der Waals surface area contributed by atoms with Crippen LogP contribution in [0.1, 0.15) is 25.5 Å². The minimum Gasteiger partial charge on any atom is -0.497 e. The Morgan fingerprint density at radius 1 is 1.32 bits per heavy atom. The molecule has 0 aliphatic rings. The molecular weight excluding hydrogens is 246 g/mol. The lowest BCUT2D eigenvalue weighted by molar-refractivity contribution is 0.00101. The first-order valence-corrected chi connectivity index (χ1v) is 6.22. The quantitative estimate of drug-likeness (QED) is 0.691. The predicted octanol–water partition coefficient (Wildman–Crippen LogP) is 1.10. The van der Waals surface area contributed by atoms with Gasteiger partial charge in [0, 0.05) is 24.2 Å². The highest BCUT2D eigenvalue weighted by atomic mass is 16.5.